The van der Waals surface area contributed by atoms with E-state index in [1.165, 1.54) is 0 Å². The quantitative estimate of drug-likeness (QED) is 0.814. The van der Waals surface area contributed by atoms with Crippen molar-refractivity contribution in [3.05, 3.63) is 46.8 Å². The van der Waals surface area contributed by atoms with E-state index in [0.29, 0.717) is 0 Å². The summed E-state index contributed by atoms with van der Waals surface area (Å²) in [4.78, 5) is 13.8. The highest BCUT2D eigenvalue weighted by Gasteiger charge is 2.17. The number of hydrogen-bond acceptors (Lipinski definition) is 4. The first-order valence-electron chi connectivity index (χ1n) is 4.82. The number of benzene rings is 1. The Morgan fingerprint density at radius 3 is 2.75 bits per heavy atom. The fraction of sp³-hybridized carbons (Fsp3) is 0.0909. The van der Waals surface area contributed by atoms with Gasteiger partial charge in [0.2, 0.25) is 0 Å². The van der Waals surface area contributed by atoms with Gasteiger partial charge in [0.1, 0.15) is 10.7 Å². The summed E-state index contributed by atoms with van der Waals surface area (Å²) in [6, 6.07) is 5.92. The molecule has 16 heavy (non-hydrogen) atoms. The molecule has 0 spiro atoms. The van der Waals surface area contributed by atoms with E-state index >= 15 is 0 Å². The fourth-order valence-corrected chi connectivity index (χ4v) is 1.98. The molecule has 1 aromatic carbocycles. The molecule has 0 aliphatic carbocycles. The summed E-state index contributed by atoms with van der Waals surface area (Å²) in [5.41, 5.74) is 5.57. The Bertz CT molecular complexity index is 570. The number of hydrogen-bond donors (Lipinski definition) is 1. The van der Waals surface area contributed by atoms with Crippen LogP contribution in [0.3, 0.4) is 0 Å². The molecule has 1 atom stereocenters. The van der Waals surface area contributed by atoms with Crippen LogP contribution in [0, 0.1) is 0 Å². The van der Waals surface area contributed by atoms with Gasteiger partial charge in [0.05, 0.1) is 11.0 Å². The Kier molecular flexibility index (Phi) is 2.34. The second kappa shape index (κ2) is 3.84. The van der Waals surface area contributed by atoms with Gasteiger partial charge in [-0.3, -0.25) is 20.3 Å². The van der Waals surface area contributed by atoms with Crippen LogP contribution in [0.1, 0.15) is 11.7 Å². The maximum absolute atomic E-state index is 5.36. The summed E-state index contributed by atoms with van der Waals surface area (Å²) in [6.45, 7) is 0. The minimum atomic E-state index is -0.0826. The maximum Gasteiger partial charge on any atom is 0.131 e. The molecule has 0 saturated heterocycles. The zero-order valence-corrected chi connectivity index (χ0v) is 9.81. The minimum Gasteiger partial charge on any atom is -0.263 e. The molecular weight excluding hydrogens is 270 g/mol. The van der Waals surface area contributed by atoms with Gasteiger partial charge >= 0.3 is 0 Å². The Morgan fingerprint density at radius 1 is 1.19 bits per heavy atom. The zero-order valence-electron chi connectivity index (χ0n) is 8.22. The molecule has 2 heterocycles. The van der Waals surface area contributed by atoms with Crippen molar-refractivity contribution in [3.63, 3.8) is 0 Å². The molecule has 80 valence electrons. The number of halogens is 1. The highest BCUT2D eigenvalue weighted by molar-refractivity contribution is 9.11. The number of nitrogens with one attached hydrogen (secondary N) is 1. The normalized spacial score (nSPS) is 19.6. The van der Waals surface area contributed by atoms with Crippen molar-refractivity contribution in [3.8, 4) is 0 Å². The molecule has 0 amide bonds. The Morgan fingerprint density at radius 2 is 2.00 bits per heavy atom. The van der Waals surface area contributed by atoms with E-state index in [1.807, 2.05) is 24.3 Å². The molecule has 0 saturated carbocycles. The van der Waals surface area contributed by atoms with Gasteiger partial charge in [-0.2, -0.15) is 0 Å². The number of rotatable bonds is 1. The predicted molar refractivity (Wildman–Crippen MR) is 63.5 cm³/mol. The third-order valence-electron chi connectivity index (χ3n) is 2.40. The Balaban J connectivity index is 2.05. The molecule has 2 aromatic rings. The van der Waals surface area contributed by atoms with E-state index in [1.54, 1.807) is 12.4 Å². The highest BCUT2D eigenvalue weighted by Crippen LogP contribution is 2.27. The summed E-state index contributed by atoms with van der Waals surface area (Å²) < 4.78 is 0.844. The summed E-state index contributed by atoms with van der Waals surface area (Å²) in [5, 5.41) is 0. The van der Waals surface area contributed by atoms with Crippen LogP contribution in [0.2, 0.25) is 0 Å². The van der Waals surface area contributed by atoms with Crippen molar-refractivity contribution in [1.29, 1.82) is 0 Å². The molecule has 0 bridgehead atoms. The molecule has 1 aliphatic heterocycles. The fourth-order valence-electron chi connectivity index (χ4n) is 1.64. The molecule has 1 aromatic heterocycles. The largest absolute Gasteiger partial charge is 0.263 e. The van der Waals surface area contributed by atoms with Crippen molar-refractivity contribution >= 4 is 27.0 Å². The zero-order chi connectivity index (χ0) is 11.0. The van der Waals surface area contributed by atoms with Crippen LogP contribution in [-0.4, -0.2) is 9.97 Å². The van der Waals surface area contributed by atoms with Crippen molar-refractivity contribution in [1.82, 2.24) is 15.4 Å². The van der Waals surface area contributed by atoms with Crippen LogP contribution in [0.25, 0.3) is 11.0 Å². The molecule has 1 unspecified atom stereocenters. The first-order chi connectivity index (χ1) is 7.83. The molecule has 5 heteroatoms. The van der Waals surface area contributed by atoms with Crippen LogP contribution in [0.4, 0.5) is 0 Å². The highest BCUT2D eigenvalue weighted by atomic mass is 79.9. The standard InChI is InChI=1S/C11H8BrN3O/c12-11-6-10(16-15-11)7-1-2-8-9(5-7)14-4-3-13-8/h1-6,10,15H. The molecule has 4 nitrogen and oxygen atoms in total. The van der Waals surface area contributed by atoms with Crippen molar-refractivity contribution in [2.24, 2.45) is 0 Å². The molecular formula is C11H8BrN3O. The van der Waals surface area contributed by atoms with E-state index in [0.717, 1.165) is 21.2 Å². The second-order valence-corrected chi connectivity index (χ2v) is 4.31. The molecule has 3 rings (SSSR count). The van der Waals surface area contributed by atoms with Gasteiger partial charge in [0, 0.05) is 12.4 Å². The van der Waals surface area contributed by atoms with E-state index in [2.05, 4.69) is 31.4 Å². The van der Waals surface area contributed by atoms with Gasteiger partial charge in [-0.05, 0) is 39.7 Å². The third-order valence-corrected chi connectivity index (χ3v) is 2.83. The van der Waals surface area contributed by atoms with Gasteiger partial charge in [0.25, 0.3) is 0 Å². The first-order valence-corrected chi connectivity index (χ1v) is 5.62. The summed E-state index contributed by atoms with van der Waals surface area (Å²) >= 11 is 3.32. The van der Waals surface area contributed by atoms with Gasteiger partial charge in [0.15, 0.2) is 0 Å². The molecule has 0 fully saturated rings. The third kappa shape index (κ3) is 1.68. The number of fused-ring (bicyclic) bond motifs is 1. The van der Waals surface area contributed by atoms with E-state index in [-0.39, 0.29) is 6.10 Å². The van der Waals surface area contributed by atoms with Crippen LogP contribution < -0.4 is 5.48 Å². The van der Waals surface area contributed by atoms with Gasteiger partial charge < -0.3 is 0 Å². The van der Waals surface area contributed by atoms with Crippen molar-refractivity contribution < 1.29 is 4.84 Å². The second-order valence-electron chi connectivity index (χ2n) is 3.46. The molecule has 0 radical (unpaired) electrons. The topological polar surface area (TPSA) is 47.0 Å². The lowest BCUT2D eigenvalue weighted by Gasteiger charge is -2.07. The van der Waals surface area contributed by atoms with Crippen LogP contribution in [0.5, 0.6) is 0 Å². The van der Waals surface area contributed by atoms with E-state index in [4.69, 9.17) is 4.84 Å². The summed E-state index contributed by atoms with van der Waals surface area (Å²) in [5.74, 6) is 0. The van der Waals surface area contributed by atoms with Gasteiger partial charge in [-0.25, -0.2) is 0 Å². The maximum atomic E-state index is 5.36. The number of aromatic nitrogens is 2. The summed E-state index contributed by atoms with van der Waals surface area (Å²) in [7, 11) is 0. The molecule has 1 N–H and O–H groups in total. The minimum absolute atomic E-state index is 0.0826. The predicted octanol–water partition coefficient (Wildman–Crippen LogP) is 2.44. The first kappa shape index (κ1) is 9.74. The Labute approximate surface area is 100 Å². The lowest BCUT2D eigenvalue weighted by atomic mass is 10.1. The van der Waals surface area contributed by atoms with E-state index < -0.39 is 0 Å². The number of hydroxylamine groups is 1. The average Bonchev–Trinajstić information content (AvgIpc) is 2.75. The molecule has 1 aliphatic rings. The van der Waals surface area contributed by atoms with Crippen LogP contribution in [0.15, 0.2) is 41.3 Å². The van der Waals surface area contributed by atoms with Gasteiger partial charge in [-0.15, -0.1) is 0 Å². The SMILES string of the molecule is BrC1=CC(c2ccc3nccnc3c2)ON1. The van der Waals surface area contributed by atoms with Gasteiger partial charge in [-0.1, -0.05) is 6.07 Å². The average molecular weight is 278 g/mol. The lowest BCUT2D eigenvalue weighted by molar-refractivity contribution is 0.0458. The van der Waals surface area contributed by atoms with E-state index in [9.17, 15) is 0 Å². The monoisotopic (exact) mass is 277 g/mol. The van der Waals surface area contributed by atoms with Crippen LogP contribution >= 0.6 is 15.9 Å². The van der Waals surface area contributed by atoms with Crippen molar-refractivity contribution in [2.45, 2.75) is 6.10 Å². The number of nitrogens with zero attached hydrogens (tertiary/aromatic N) is 2. The van der Waals surface area contributed by atoms with Crippen LogP contribution in [-0.2, 0) is 4.84 Å². The Hall–Kier alpha value is -1.46. The van der Waals surface area contributed by atoms with Crippen molar-refractivity contribution in [2.75, 3.05) is 0 Å². The summed E-state index contributed by atoms with van der Waals surface area (Å²) in [6.07, 6.45) is 5.25. The smallest absolute Gasteiger partial charge is 0.131 e. The lowest BCUT2D eigenvalue weighted by Crippen LogP contribution is -2.05.